The second kappa shape index (κ2) is 5.71. The number of nitrogens with one attached hydrogen (secondary N) is 1. The highest BCUT2D eigenvalue weighted by Gasteiger charge is 2.04. The molecule has 19 heavy (non-hydrogen) atoms. The molecule has 0 aromatic heterocycles. The molecule has 0 heterocycles. The van der Waals surface area contributed by atoms with Gasteiger partial charge in [-0.15, -0.1) is 0 Å². The van der Waals surface area contributed by atoms with Gasteiger partial charge in [-0.2, -0.15) is 0 Å². The van der Waals surface area contributed by atoms with Crippen LogP contribution in [-0.2, 0) is 0 Å². The molecule has 0 spiro atoms. The van der Waals surface area contributed by atoms with Crippen LogP contribution in [0.25, 0.3) is 0 Å². The van der Waals surface area contributed by atoms with Gasteiger partial charge in [0.15, 0.2) is 0 Å². The Labute approximate surface area is 117 Å². The quantitative estimate of drug-likeness (QED) is 0.838. The Morgan fingerprint density at radius 2 is 1.79 bits per heavy atom. The first-order valence-corrected chi connectivity index (χ1v) is 6.05. The fraction of sp³-hybridized carbons (Fsp3) is 0.143. The second-order valence-electron chi connectivity index (χ2n) is 3.97. The van der Waals surface area contributed by atoms with E-state index in [2.05, 4.69) is 5.32 Å². The minimum atomic E-state index is 0.545. The zero-order valence-corrected chi connectivity index (χ0v) is 11.5. The van der Waals surface area contributed by atoms with Gasteiger partial charge in [0.2, 0.25) is 0 Å². The van der Waals surface area contributed by atoms with Crippen LogP contribution >= 0.6 is 11.6 Å². The Kier molecular flexibility index (Phi) is 4.02. The number of methoxy groups -OCH3 is 2. The zero-order chi connectivity index (χ0) is 13.8. The number of benzene rings is 2. The molecule has 2 aromatic rings. The zero-order valence-electron chi connectivity index (χ0n) is 10.7. The summed E-state index contributed by atoms with van der Waals surface area (Å²) in [6.07, 6.45) is 0. The van der Waals surface area contributed by atoms with Gasteiger partial charge in [-0.3, -0.25) is 0 Å². The molecule has 4 nitrogen and oxygen atoms in total. The van der Waals surface area contributed by atoms with Gasteiger partial charge in [-0.1, -0.05) is 11.6 Å². The lowest BCUT2D eigenvalue weighted by molar-refractivity contribution is 0.415. The van der Waals surface area contributed by atoms with Crippen molar-refractivity contribution in [1.29, 1.82) is 0 Å². The lowest BCUT2D eigenvalue weighted by Crippen LogP contribution is -1.95. The van der Waals surface area contributed by atoms with Crippen molar-refractivity contribution >= 4 is 28.7 Å². The highest BCUT2D eigenvalue weighted by molar-refractivity contribution is 6.32. The predicted octanol–water partition coefficient (Wildman–Crippen LogP) is 3.68. The molecule has 0 radical (unpaired) electrons. The van der Waals surface area contributed by atoms with Crippen molar-refractivity contribution in [2.75, 3.05) is 25.3 Å². The average molecular weight is 279 g/mol. The van der Waals surface area contributed by atoms with Crippen molar-refractivity contribution in [3.63, 3.8) is 0 Å². The summed E-state index contributed by atoms with van der Waals surface area (Å²) in [5.41, 5.74) is 8.10. The van der Waals surface area contributed by atoms with Crippen LogP contribution in [0.2, 0.25) is 5.02 Å². The first-order chi connectivity index (χ1) is 9.12. The van der Waals surface area contributed by atoms with Gasteiger partial charge in [-0.25, -0.2) is 0 Å². The van der Waals surface area contributed by atoms with E-state index < -0.39 is 0 Å². The third-order valence-electron chi connectivity index (χ3n) is 2.61. The monoisotopic (exact) mass is 278 g/mol. The van der Waals surface area contributed by atoms with Crippen molar-refractivity contribution in [1.82, 2.24) is 0 Å². The van der Waals surface area contributed by atoms with E-state index in [4.69, 9.17) is 26.8 Å². The Bertz CT molecular complexity index is 588. The summed E-state index contributed by atoms with van der Waals surface area (Å²) in [6.45, 7) is 0. The second-order valence-corrected chi connectivity index (χ2v) is 4.38. The summed E-state index contributed by atoms with van der Waals surface area (Å²) < 4.78 is 10.3. The van der Waals surface area contributed by atoms with E-state index in [1.807, 2.05) is 18.2 Å². The maximum atomic E-state index is 6.07. The summed E-state index contributed by atoms with van der Waals surface area (Å²) in [5, 5.41) is 3.76. The SMILES string of the molecule is COc1cc(N)cc(Nc2ccc(OC)c(Cl)c2)c1. The fourth-order valence-corrected chi connectivity index (χ4v) is 1.98. The van der Waals surface area contributed by atoms with Crippen molar-refractivity contribution in [3.05, 3.63) is 41.4 Å². The van der Waals surface area contributed by atoms with Crippen molar-refractivity contribution in [2.45, 2.75) is 0 Å². The third kappa shape index (κ3) is 3.23. The molecule has 0 atom stereocenters. The van der Waals surface area contributed by atoms with E-state index in [1.54, 1.807) is 32.4 Å². The van der Waals surface area contributed by atoms with Gasteiger partial charge in [0.25, 0.3) is 0 Å². The molecule has 0 bridgehead atoms. The number of nitrogen functional groups attached to an aromatic ring is 1. The molecule has 0 saturated carbocycles. The molecule has 0 fully saturated rings. The molecule has 0 unspecified atom stereocenters. The van der Waals surface area contributed by atoms with E-state index in [0.717, 1.165) is 11.4 Å². The van der Waals surface area contributed by atoms with Gasteiger partial charge in [0.05, 0.1) is 19.2 Å². The standard InChI is InChI=1S/C14H15ClN2O2/c1-18-12-6-9(16)5-11(7-12)17-10-3-4-14(19-2)13(15)8-10/h3-8,17H,16H2,1-2H3. The Hall–Kier alpha value is -2.07. The van der Waals surface area contributed by atoms with Crippen LogP contribution in [0.1, 0.15) is 0 Å². The summed E-state index contributed by atoms with van der Waals surface area (Å²) in [6, 6.07) is 10.9. The number of rotatable bonds is 4. The van der Waals surface area contributed by atoms with Gasteiger partial charge in [0, 0.05) is 29.2 Å². The Morgan fingerprint density at radius 1 is 1.00 bits per heavy atom. The number of hydrogen-bond acceptors (Lipinski definition) is 4. The number of nitrogens with two attached hydrogens (primary N) is 1. The summed E-state index contributed by atoms with van der Waals surface area (Å²) in [4.78, 5) is 0. The summed E-state index contributed by atoms with van der Waals surface area (Å²) >= 11 is 6.07. The van der Waals surface area contributed by atoms with Crippen LogP contribution in [0.4, 0.5) is 17.1 Å². The topological polar surface area (TPSA) is 56.5 Å². The molecule has 5 heteroatoms. The van der Waals surface area contributed by atoms with Gasteiger partial charge in [0.1, 0.15) is 11.5 Å². The van der Waals surface area contributed by atoms with E-state index in [-0.39, 0.29) is 0 Å². The highest BCUT2D eigenvalue weighted by atomic mass is 35.5. The highest BCUT2D eigenvalue weighted by Crippen LogP contribution is 2.30. The molecular formula is C14H15ClN2O2. The minimum Gasteiger partial charge on any atom is -0.497 e. The van der Waals surface area contributed by atoms with Crippen LogP contribution in [0.5, 0.6) is 11.5 Å². The largest absolute Gasteiger partial charge is 0.497 e. The first kappa shape index (κ1) is 13.4. The minimum absolute atomic E-state index is 0.545. The van der Waals surface area contributed by atoms with Crippen LogP contribution in [0.3, 0.4) is 0 Å². The molecule has 0 saturated heterocycles. The Balaban J connectivity index is 2.25. The first-order valence-electron chi connectivity index (χ1n) is 5.67. The van der Waals surface area contributed by atoms with E-state index >= 15 is 0 Å². The van der Waals surface area contributed by atoms with E-state index in [0.29, 0.717) is 22.2 Å². The van der Waals surface area contributed by atoms with Crippen molar-refractivity contribution in [3.8, 4) is 11.5 Å². The molecule has 0 aliphatic heterocycles. The van der Waals surface area contributed by atoms with Gasteiger partial charge < -0.3 is 20.5 Å². The van der Waals surface area contributed by atoms with E-state index in [9.17, 15) is 0 Å². The maximum absolute atomic E-state index is 6.07. The predicted molar refractivity (Wildman–Crippen MR) is 78.7 cm³/mol. The van der Waals surface area contributed by atoms with Crippen molar-refractivity contribution < 1.29 is 9.47 Å². The number of ether oxygens (including phenoxy) is 2. The smallest absolute Gasteiger partial charge is 0.137 e. The Morgan fingerprint density at radius 3 is 2.42 bits per heavy atom. The maximum Gasteiger partial charge on any atom is 0.137 e. The molecular weight excluding hydrogens is 264 g/mol. The fourth-order valence-electron chi connectivity index (χ4n) is 1.72. The van der Waals surface area contributed by atoms with Gasteiger partial charge in [-0.05, 0) is 24.3 Å². The van der Waals surface area contributed by atoms with Crippen molar-refractivity contribution in [2.24, 2.45) is 0 Å². The number of hydrogen-bond donors (Lipinski definition) is 2. The lowest BCUT2D eigenvalue weighted by atomic mass is 10.2. The molecule has 0 aliphatic rings. The molecule has 100 valence electrons. The van der Waals surface area contributed by atoms with Crippen LogP contribution in [0, 0.1) is 0 Å². The molecule has 0 aliphatic carbocycles. The van der Waals surface area contributed by atoms with Crippen LogP contribution in [-0.4, -0.2) is 14.2 Å². The number of anilines is 3. The van der Waals surface area contributed by atoms with Crippen LogP contribution in [0.15, 0.2) is 36.4 Å². The normalized spacial score (nSPS) is 10.1. The molecule has 2 rings (SSSR count). The van der Waals surface area contributed by atoms with Crippen LogP contribution < -0.4 is 20.5 Å². The molecule has 3 N–H and O–H groups in total. The summed E-state index contributed by atoms with van der Waals surface area (Å²) in [5.74, 6) is 1.33. The number of halogens is 1. The third-order valence-corrected chi connectivity index (χ3v) is 2.90. The molecule has 2 aromatic carbocycles. The molecule has 0 amide bonds. The summed E-state index contributed by atoms with van der Waals surface area (Å²) in [7, 11) is 3.18. The van der Waals surface area contributed by atoms with E-state index in [1.165, 1.54) is 0 Å². The average Bonchev–Trinajstić information content (AvgIpc) is 2.38. The van der Waals surface area contributed by atoms with Gasteiger partial charge >= 0.3 is 0 Å². The lowest BCUT2D eigenvalue weighted by Gasteiger charge is -2.11.